The standard InChI is InChI=1S/C19H14Cl2N2O3/c1-23(18(24)11-4-3-5-22-10-11)16-8-13(19(25)26-2)6-12-7-14(20)9-15(21)17(12)16/h3-10H,1-2H3. The SMILES string of the molecule is COC(=O)c1cc(N(C)C(=O)c2cccnc2)c2c(Cl)cc(Cl)cc2c1. The van der Waals surface area contributed by atoms with Crippen LogP contribution in [0.4, 0.5) is 5.69 Å². The van der Waals surface area contributed by atoms with E-state index < -0.39 is 5.97 Å². The van der Waals surface area contributed by atoms with E-state index in [4.69, 9.17) is 27.9 Å². The Morgan fingerprint density at radius 2 is 1.88 bits per heavy atom. The van der Waals surface area contributed by atoms with E-state index in [1.807, 2.05) is 0 Å². The predicted octanol–water partition coefficient (Wildman–Crippen LogP) is 4.60. The zero-order valence-corrected chi connectivity index (χ0v) is 15.5. The fourth-order valence-electron chi connectivity index (χ4n) is 2.70. The van der Waals surface area contributed by atoms with E-state index in [9.17, 15) is 9.59 Å². The third kappa shape index (κ3) is 3.36. The molecule has 7 heteroatoms. The monoisotopic (exact) mass is 388 g/mol. The van der Waals surface area contributed by atoms with Gasteiger partial charge in [-0.15, -0.1) is 0 Å². The van der Waals surface area contributed by atoms with Crippen molar-refractivity contribution in [3.8, 4) is 0 Å². The van der Waals surface area contributed by atoms with Gasteiger partial charge in [-0.25, -0.2) is 4.79 Å². The summed E-state index contributed by atoms with van der Waals surface area (Å²) >= 11 is 12.5. The van der Waals surface area contributed by atoms with Crippen molar-refractivity contribution in [1.82, 2.24) is 4.98 Å². The zero-order valence-electron chi connectivity index (χ0n) is 14.0. The molecule has 2 aromatic carbocycles. The fourth-order valence-corrected chi connectivity index (χ4v) is 3.30. The lowest BCUT2D eigenvalue weighted by molar-refractivity contribution is 0.0600. The summed E-state index contributed by atoms with van der Waals surface area (Å²) in [5.41, 5.74) is 1.18. The number of rotatable bonds is 3. The van der Waals surface area contributed by atoms with Crippen molar-refractivity contribution in [3.05, 3.63) is 70.0 Å². The minimum absolute atomic E-state index is 0.285. The van der Waals surface area contributed by atoms with Crippen molar-refractivity contribution in [1.29, 1.82) is 0 Å². The highest BCUT2D eigenvalue weighted by molar-refractivity contribution is 6.40. The van der Waals surface area contributed by atoms with Gasteiger partial charge in [-0.05, 0) is 41.8 Å². The molecule has 0 radical (unpaired) electrons. The molecule has 0 spiro atoms. The largest absolute Gasteiger partial charge is 0.465 e. The van der Waals surface area contributed by atoms with E-state index in [0.29, 0.717) is 37.6 Å². The third-order valence-corrected chi connectivity index (χ3v) is 4.46. The number of hydrogen-bond donors (Lipinski definition) is 0. The number of carbonyl (C=O) groups is 2. The van der Waals surface area contributed by atoms with Gasteiger partial charge in [0, 0.05) is 29.9 Å². The zero-order chi connectivity index (χ0) is 18.8. The molecule has 0 aliphatic heterocycles. The molecule has 132 valence electrons. The summed E-state index contributed by atoms with van der Waals surface area (Å²) in [6.45, 7) is 0. The number of carbonyl (C=O) groups excluding carboxylic acids is 2. The second-order valence-corrected chi connectivity index (χ2v) is 6.42. The summed E-state index contributed by atoms with van der Waals surface area (Å²) in [4.78, 5) is 30.2. The molecular formula is C19H14Cl2N2O3. The average Bonchev–Trinajstić information content (AvgIpc) is 2.65. The number of benzene rings is 2. The molecule has 0 aliphatic carbocycles. The molecule has 1 heterocycles. The number of hydrogen-bond acceptors (Lipinski definition) is 4. The van der Waals surface area contributed by atoms with Crippen molar-refractivity contribution in [2.24, 2.45) is 0 Å². The van der Waals surface area contributed by atoms with Crippen LogP contribution in [0.5, 0.6) is 0 Å². The van der Waals surface area contributed by atoms with E-state index in [0.717, 1.165) is 0 Å². The summed E-state index contributed by atoms with van der Waals surface area (Å²) in [6, 6.07) is 9.82. The van der Waals surface area contributed by atoms with Crippen LogP contribution in [-0.2, 0) is 4.74 Å². The molecule has 1 amide bonds. The second kappa shape index (κ2) is 7.32. The van der Waals surface area contributed by atoms with E-state index in [-0.39, 0.29) is 5.91 Å². The van der Waals surface area contributed by atoms with Crippen molar-refractivity contribution in [2.45, 2.75) is 0 Å². The summed E-state index contributed by atoms with van der Waals surface area (Å²) < 4.78 is 4.81. The van der Waals surface area contributed by atoms with Gasteiger partial charge in [-0.1, -0.05) is 23.2 Å². The quantitative estimate of drug-likeness (QED) is 0.614. The van der Waals surface area contributed by atoms with Gasteiger partial charge in [-0.2, -0.15) is 0 Å². The van der Waals surface area contributed by atoms with Crippen molar-refractivity contribution in [3.63, 3.8) is 0 Å². The molecule has 3 aromatic rings. The van der Waals surface area contributed by atoms with Crippen LogP contribution in [0.2, 0.25) is 10.0 Å². The first-order valence-electron chi connectivity index (χ1n) is 7.61. The molecule has 0 unspecified atom stereocenters. The van der Waals surface area contributed by atoms with Crippen LogP contribution in [0.25, 0.3) is 10.8 Å². The van der Waals surface area contributed by atoms with E-state index in [1.54, 1.807) is 49.6 Å². The maximum Gasteiger partial charge on any atom is 0.337 e. The highest BCUT2D eigenvalue weighted by atomic mass is 35.5. The van der Waals surface area contributed by atoms with Crippen LogP contribution in [0, 0.1) is 0 Å². The Hall–Kier alpha value is -2.63. The van der Waals surface area contributed by atoms with Gasteiger partial charge in [0.25, 0.3) is 5.91 Å². The first kappa shape index (κ1) is 18.2. The molecule has 0 fully saturated rings. The fraction of sp³-hybridized carbons (Fsp3) is 0.105. The van der Waals surface area contributed by atoms with Gasteiger partial charge in [0.15, 0.2) is 0 Å². The van der Waals surface area contributed by atoms with Gasteiger partial charge >= 0.3 is 5.97 Å². The molecule has 5 nitrogen and oxygen atoms in total. The van der Waals surface area contributed by atoms with Gasteiger partial charge in [0.2, 0.25) is 0 Å². The minimum Gasteiger partial charge on any atom is -0.465 e. The number of nitrogens with zero attached hydrogens (tertiary/aromatic N) is 2. The molecule has 0 atom stereocenters. The van der Waals surface area contributed by atoms with E-state index in [1.165, 1.54) is 18.2 Å². The van der Waals surface area contributed by atoms with E-state index >= 15 is 0 Å². The van der Waals surface area contributed by atoms with Crippen LogP contribution in [-0.4, -0.2) is 31.0 Å². The molecule has 1 aromatic heterocycles. The van der Waals surface area contributed by atoms with Gasteiger partial charge in [0.05, 0.1) is 28.9 Å². The maximum absolute atomic E-state index is 12.8. The van der Waals surface area contributed by atoms with Crippen LogP contribution < -0.4 is 4.90 Å². The van der Waals surface area contributed by atoms with Crippen LogP contribution >= 0.6 is 23.2 Å². The van der Waals surface area contributed by atoms with Gasteiger partial charge in [0.1, 0.15) is 0 Å². The first-order valence-corrected chi connectivity index (χ1v) is 8.37. The normalized spacial score (nSPS) is 10.6. The number of halogens is 2. The Morgan fingerprint density at radius 3 is 2.54 bits per heavy atom. The van der Waals surface area contributed by atoms with E-state index in [2.05, 4.69) is 4.98 Å². The first-order chi connectivity index (χ1) is 12.4. The molecule has 0 aliphatic rings. The van der Waals surface area contributed by atoms with Crippen LogP contribution in [0.15, 0.2) is 48.8 Å². The Bertz CT molecular complexity index is 1010. The lowest BCUT2D eigenvalue weighted by atomic mass is 10.0. The minimum atomic E-state index is -0.522. The number of pyridine rings is 1. The Morgan fingerprint density at radius 1 is 1.12 bits per heavy atom. The molecule has 0 saturated carbocycles. The lowest BCUT2D eigenvalue weighted by Crippen LogP contribution is -2.27. The number of ether oxygens (including phenoxy) is 1. The number of esters is 1. The Balaban J connectivity index is 2.22. The summed E-state index contributed by atoms with van der Waals surface area (Å²) in [6.07, 6.45) is 3.06. The van der Waals surface area contributed by atoms with Gasteiger partial charge < -0.3 is 9.64 Å². The average molecular weight is 389 g/mol. The smallest absolute Gasteiger partial charge is 0.337 e. The van der Waals surface area contributed by atoms with Crippen molar-refractivity contribution < 1.29 is 14.3 Å². The molecule has 0 bridgehead atoms. The second-order valence-electron chi connectivity index (χ2n) is 5.58. The topological polar surface area (TPSA) is 59.5 Å². The lowest BCUT2D eigenvalue weighted by Gasteiger charge is -2.21. The predicted molar refractivity (Wildman–Crippen MR) is 102 cm³/mol. The van der Waals surface area contributed by atoms with Crippen molar-refractivity contribution in [2.75, 3.05) is 19.1 Å². The maximum atomic E-state index is 12.8. The molecule has 3 rings (SSSR count). The summed E-state index contributed by atoms with van der Waals surface area (Å²) in [7, 11) is 2.90. The van der Waals surface area contributed by atoms with Gasteiger partial charge in [-0.3, -0.25) is 9.78 Å². The number of aromatic nitrogens is 1. The number of methoxy groups -OCH3 is 1. The highest BCUT2D eigenvalue weighted by Gasteiger charge is 2.20. The highest BCUT2D eigenvalue weighted by Crippen LogP contribution is 2.36. The summed E-state index contributed by atoms with van der Waals surface area (Å²) in [5.74, 6) is -0.807. The molecular weight excluding hydrogens is 375 g/mol. The number of amides is 1. The number of fused-ring (bicyclic) bond motifs is 1. The molecule has 0 N–H and O–H groups in total. The van der Waals surface area contributed by atoms with Crippen LogP contribution in [0.3, 0.4) is 0 Å². The molecule has 26 heavy (non-hydrogen) atoms. The number of anilines is 1. The third-order valence-electron chi connectivity index (χ3n) is 3.94. The Kier molecular flexibility index (Phi) is 5.11. The molecule has 0 saturated heterocycles. The summed E-state index contributed by atoms with van der Waals surface area (Å²) in [5, 5.41) is 2.05. The van der Waals surface area contributed by atoms with Crippen LogP contribution in [0.1, 0.15) is 20.7 Å². The van der Waals surface area contributed by atoms with Crippen molar-refractivity contribution >= 4 is 51.5 Å². The Labute approximate surface area is 160 Å².